The minimum atomic E-state index is -5.08. The number of carboxylic acids is 2. The Morgan fingerprint density at radius 2 is 1.50 bits per heavy atom. The minimum absolute atomic E-state index is 0.876. The molecule has 11 nitrogen and oxygen atoms in total. The number of carbonyl (C=O) groups is 2. The highest BCUT2D eigenvalue weighted by Gasteiger charge is 2.38. The van der Waals surface area contributed by atoms with E-state index in [4.69, 9.17) is 19.8 Å². The Kier molecular flexibility index (Phi) is 9.67. The molecule has 3 aromatic heterocycles. The largest absolute Gasteiger partial charge is 0.490 e. The molecule has 0 amide bonds. The molecule has 0 saturated carbocycles. The van der Waals surface area contributed by atoms with Crippen LogP contribution in [0.25, 0.3) is 11.3 Å². The average Bonchev–Trinajstić information content (AvgIpc) is 3.13. The number of halogens is 6. The molecule has 38 heavy (non-hydrogen) atoms. The summed E-state index contributed by atoms with van der Waals surface area (Å²) in [5, 5.41) is 27.0. The molecule has 0 bridgehead atoms. The molecule has 4 rings (SSSR count). The van der Waals surface area contributed by atoms with Crippen molar-refractivity contribution in [3.63, 3.8) is 0 Å². The van der Waals surface area contributed by atoms with Gasteiger partial charge in [0.05, 0.1) is 17.6 Å². The van der Waals surface area contributed by atoms with E-state index < -0.39 is 24.3 Å². The Hall–Kier alpha value is -4.31. The maximum atomic E-state index is 10.6. The third-order valence-electron chi connectivity index (χ3n) is 4.86. The smallest absolute Gasteiger partial charge is 0.475 e. The SMILES string of the molecule is Cc1ccc(N2CCc3ncnc(-c4cnn(C)c4)c3CC2)nn1.O=C(O)C(F)(F)F.O=C(O)C(F)(F)F. The summed E-state index contributed by atoms with van der Waals surface area (Å²) in [6.07, 6.45) is -2.90. The molecule has 1 aliphatic rings. The fraction of sp³-hybridized carbons (Fsp3) is 0.381. The van der Waals surface area contributed by atoms with E-state index in [2.05, 4.69) is 30.2 Å². The molecule has 0 saturated heterocycles. The second kappa shape index (κ2) is 12.3. The number of carboxylic acid groups (broad SMARTS) is 2. The van der Waals surface area contributed by atoms with Gasteiger partial charge in [0.2, 0.25) is 0 Å². The maximum Gasteiger partial charge on any atom is 0.490 e. The van der Waals surface area contributed by atoms with Gasteiger partial charge in [-0.05, 0) is 25.5 Å². The van der Waals surface area contributed by atoms with Crippen LogP contribution < -0.4 is 4.90 Å². The highest BCUT2D eigenvalue weighted by Crippen LogP contribution is 2.26. The molecule has 4 heterocycles. The lowest BCUT2D eigenvalue weighted by Crippen LogP contribution is -2.27. The Labute approximate surface area is 210 Å². The lowest BCUT2D eigenvalue weighted by Gasteiger charge is -2.20. The minimum Gasteiger partial charge on any atom is -0.475 e. The van der Waals surface area contributed by atoms with Crippen LogP contribution in [0.5, 0.6) is 0 Å². The fourth-order valence-electron chi connectivity index (χ4n) is 3.11. The molecule has 0 atom stereocenters. The van der Waals surface area contributed by atoms with Crippen LogP contribution in [0.2, 0.25) is 0 Å². The Balaban J connectivity index is 0.000000301. The Bertz CT molecular complexity index is 1220. The molecule has 206 valence electrons. The third kappa shape index (κ3) is 8.67. The van der Waals surface area contributed by atoms with E-state index in [9.17, 15) is 26.3 Å². The van der Waals surface area contributed by atoms with Crippen molar-refractivity contribution in [3.8, 4) is 11.3 Å². The van der Waals surface area contributed by atoms with Gasteiger partial charge >= 0.3 is 24.3 Å². The molecule has 0 unspecified atom stereocenters. The monoisotopic (exact) mass is 549 g/mol. The number of hydrogen-bond acceptors (Lipinski definition) is 8. The van der Waals surface area contributed by atoms with Crippen molar-refractivity contribution >= 4 is 17.8 Å². The normalized spacial score (nSPS) is 13.2. The van der Waals surface area contributed by atoms with Crippen molar-refractivity contribution in [1.82, 2.24) is 29.9 Å². The molecular weight excluding hydrogens is 528 g/mol. The van der Waals surface area contributed by atoms with Gasteiger partial charge in [0, 0.05) is 49.6 Å². The van der Waals surface area contributed by atoms with Crippen LogP contribution in [0, 0.1) is 6.92 Å². The first-order valence-corrected chi connectivity index (χ1v) is 10.6. The number of hydrogen-bond donors (Lipinski definition) is 2. The molecule has 0 radical (unpaired) electrons. The zero-order valence-corrected chi connectivity index (χ0v) is 19.8. The highest BCUT2D eigenvalue weighted by molar-refractivity contribution is 5.73. The predicted octanol–water partition coefficient (Wildman–Crippen LogP) is 2.85. The molecule has 0 aliphatic carbocycles. The maximum absolute atomic E-state index is 10.6. The summed E-state index contributed by atoms with van der Waals surface area (Å²) in [6.45, 7) is 3.71. The molecule has 17 heteroatoms. The van der Waals surface area contributed by atoms with Gasteiger partial charge in [-0.2, -0.15) is 36.5 Å². The van der Waals surface area contributed by atoms with Crippen LogP contribution in [0.3, 0.4) is 0 Å². The van der Waals surface area contributed by atoms with E-state index in [1.165, 1.54) is 5.56 Å². The molecule has 1 aliphatic heterocycles. The van der Waals surface area contributed by atoms with Crippen molar-refractivity contribution in [3.05, 3.63) is 47.8 Å². The first-order chi connectivity index (χ1) is 17.6. The van der Waals surface area contributed by atoms with Crippen molar-refractivity contribution in [2.75, 3.05) is 18.0 Å². The standard InChI is InChI=1S/C17H19N7.2C2HF3O2/c1-12-3-4-16(22-21-12)24-7-5-14-15(6-8-24)18-11-19-17(14)13-9-20-23(2)10-13;2*3-2(4,5)1(6)7/h3-4,9-11H,5-8H2,1-2H3;2*(H,6,7). The summed E-state index contributed by atoms with van der Waals surface area (Å²) in [5.41, 5.74) is 5.30. The molecule has 2 N–H and O–H groups in total. The average molecular weight is 549 g/mol. The van der Waals surface area contributed by atoms with Crippen LogP contribution in [0.4, 0.5) is 32.2 Å². The molecule has 0 aromatic carbocycles. The van der Waals surface area contributed by atoms with Crippen LogP contribution in [-0.2, 0) is 29.5 Å². The summed E-state index contributed by atoms with van der Waals surface area (Å²) >= 11 is 0. The van der Waals surface area contributed by atoms with Gasteiger partial charge in [-0.15, -0.1) is 5.10 Å². The number of nitrogens with zero attached hydrogens (tertiary/aromatic N) is 7. The second-order valence-electron chi connectivity index (χ2n) is 7.68. The number of anilines is 1. The van der Waals surface area contributed by atoms with Gasteiger partial charge in [-0.1, -0.05) is 0 Å². The summed E-state index contributed by atoms with van der Waals surface area (Å²) in [7, 11) is 1.92. The molecule has 0 spiro atoms. The number of aromatic nitrogens is 6. The van der Waals surface area contributed by atoms with Crippen LogP contribution in [0.1, 0.15) is 17.0 Å². The number of aryl methyl sites for hydroxylation is 2. The highest BCUT2D eigenvalue weighted by atomic mass is 19.4. The quantitative estimate of drug-likeness (QED) is 0.458. The molecular formula is C21H21F6N7O4. The van der Waals surface area contributed by atoms with E-state index in [0.717, 1.165) is 54.4 Å². The van der Waals surface area contributed by atoms with Crippen LogP contribution >= 0.6 is 0 Å². The van der Waals surface area contributed by atoms with Gasteiger partial charge in [0.15, 0.2) is 5.82 Å². The van der Waals surface area contributed by atoms with E-state index >= 15 is 0 Å². The van der Waals surface area contributed by atoms with Crippen LogP contribution in [-0.4, -0.2) is 77.5 Å². The van der Waals surface area contributed by atoms with Gasteiger partial charge in [-0.25, -0.2) is 19.6 Å². The zero-order valence-electron chi connectivity index (χ0n) is 19.8. The van der Waals surface area contributed by atoms with Gasteiger partial charge in [0.25, 0.3) is 0 Å². The van der Waals surface area contributed by atoms with Crippen molar-refractivity contribution in [2.24, 2.45) is 7.05 Å². The number of fused-ring (bicyclic) bond motifs is 1. The third-order valence-corrected chi connectivity index (χ3v) is 4.86. The number of alkyl halides is 6. The van der Waals surface area contributed by atoms with E-state index in [1.54, 1.807) is 11.0 Å². The zero-order chi connectivity index (χ0) is 28.7. The Morgan fingerprint density at radius 3 is 1.97 bits per heavy atom. The van der Waals surface area contributed by atoms with Crippen LogP contribution in [0.15, 0.2) is 30.9 Å². The summed E-state index contributed by atoms with van der Waals surface area (Å²) in [6, 6.07) is 4.03. The summed E-state index contributed by atoms with van der Waals surface area (Å²) < 4.78 is 65.3. The van der Waals surface area contributed by atoms with Crippen molar-refractivity contribution < 1.29 is 46.1 Å². The van der Waals surface area contributed by atoms with Crippen molar-refractivity contribution in [1.29, 1.82) is 0 Å². The van der Waals surface area contributed by atoms with Gasteiger partial charge < -0.3 is 15.1 Å². The van der Waals surface area contributed by atoms with Gasteiger partial charge in [0.1, 0.15) is 6.33 Å². The number of rotatable bonds is 2. The predicted molar refractivity (Wildman–Crippen MR) is 118 cm³/mol. The van der Waals surface area contributed by atoms with E-state index in [0.29, 0.717) is 0 Å². The summed E-state index contributed by atoms with van der Waals surface area (Å²) in [4.78, 5) is 29.1. The topological polar surface area (TPSA) is 147 Å². The first kappa shape index (κ1) is 29.9. The first-order valence-electron chi connectivity index (χ1n) is 10.6. The second-order valence-corrected chi connectivity index (χ2v) is 7.68. The fourth-order valence-corrected chi connectivity index (χ4v) is 3.11. The van der Waals surface area contributed by atoms with E-state index in [-0.39, 0.29) is 0 Å². The molecule has 0 fully saturated rings. The van der Waals surface area contributed by atoms with Gasteiger partial charge in [-0.3, -0.25) is 4.68 Å². The van der Waals surface area contributed by atoms with E-state index in [1.807, 2.05) is 38.5 Å². The lowest BCUT2D eigenvalue weighted by atomic mass is 10.0. The number of aliphatic carboxylic acids is 2. The lowest BCUT2D eigenvalue weighted by molar-refractivity contribution is -0.193. The van der Waals surface area contributed by atoms with Crippen molar-refractivity contribution in [2.45, 2.75) is 32.1 Å². The summed E-state index contributed by atoms with van der Waals surface area (Å²) in [5.74, 6) is -4.59. The Morgan fingerprint density at radius 1 is 0.921 bits per heavy atom. The molecule has 3 aromatic rings.